The number of carbonyl (C=O) groups is 2. The van der Waals surface area contributed by atoms with Gasteiger partial charge in [-0.15, -0.1) is 11.8 Å². The van der Waals surface area contributed by atoms with Gasteiger partial charge < -0.3 is 15.2 Å². The Bertz CT molecular complexity index is 755. The third-order valence-electron chi connectivity index (χ3n) is 4.47. The number of hydrogen-bond acceptors (Lipinski definition) is 4. The molecule has 3 rings (SSSR count). The number of carboxylic acids is 1. The van der Waals surface area contributed by atoms with Gasteiger partial charge in [0.25, 0.3) is 5.91 Å². The quantitative estimate of drug-likeness (QED) is 0.762. The summed E-state index contributed by atoms with van der Waals surface area (Å²) in [7, 11) is 0. The second-order valence-corrected chi connectivity index (χ2v) is 7.30. The normalized spacial score (nSPS) is 16.0. The van der Waals surface area contributed by atoms with Crippen LogP contribution in [0.4, 0.5) is 0 Å². The highest BCUT2D eigenvalue weighted by Gasteiger charge is 2.41. The number of aliphatic carboxylic acids is 1. The molecule has 1 aliphatic heterocycles. The van der Waals surface area contributed by atoms with E-state index in [0.717, 1.165) is 10.6 Å². The largest absolute Gasteiger partial charge is 0.480 e. The van der Waals surface area contributed by atoms with Crippen LogP contribution in [0, 0.1) is 0 Å². The zero-order valence-corrected chi connectivity index (χ0v) is 15.1. The van der Waals surface area contributed by atoms with E-state index in [1.807, 2.05) is 30.3 Å². The molecule has 0 unspecified atom stereocenters. The van der Waals surface area contributed by atoms with Gasteiger partial charge in [0, 0.05) is 42.3 Å². The van der Waals surface area contributed by atoms with Gasteiger partial charge in [0.2, 0.25) is 0 Å². The number of ether oxygens (including phenoxy) is 1. The zero-order valence-electron chi connectivity index (χ0n) is 14.3. The highest BCUT2D eigenvalue weighted by Crippen LogP contribution is 2.24. The van der Waals surface area contributed by atoms with E-state index in [-0.39, 0.29) is 18.7 Å². The lowest BCUT2D eigenvalue weighted by atomic mass is 9.89. The molecule has 0 aliphatic carbocycles. The average molecular weight is 371 g/mol. The van der Waals surface area contributed by atoms with E-state index in [4.69, 9.17) is 4.74 Å². The van der Waals surface area contributed by atoms with Crippen LogP contribution in [0.5, 0.6) is 0 Å². The average Bonchev–Trinajstić information content (AvgIpc) is 2.68. The minimum absolute atomic E-state index is 0.277. The molecule has 2 aromatic rings. The van der Waals surface area contributed by atoms with Gasteiger partial charge in [-0.05, 0) is 29.8 Å². The maximum Gasteiger partial charge on any atom is 0.329 e. The molecule has 1 amide bonds. The molecule has 5 nitrogen and oxygen atoms in total. The molecule has 0 spiro atoms. The monoisotopic (exact) mass is 371 g/mol. The number of thioether (sulfide) groups is 1. The number of hydrogen-bond donors (Lipinski definition) is 2. The third kappa shape index (κ3) is 4.45. The van der Waals surface area contributed by atoms with E-state index in [9.17, 15) is 14.7 Å². The Hall–Kier alpha value is -2.31. The molecular formula is C20H21NO4S. The molecule has 0 aromatic heterocycles. The maximum absolute atomic E-state index is 12.5. The minimum atomic E-state index is -1.24. The van der Waals surface area contributed by atoms with Crippen molar-refractivity contribution in [2.24, 2.45) is 0 Å². The Morgan fingerprint density at radius 2 is 1.69 bits per heavy atom. The zero-order chi connectivity index (χ0) is 18.4. The van der Waals surface area contributed by atoms with Crippen LogP contribution in [0.3, 0.4) is 0 Å². The predicted octanol–water partition coefficient (Wildman–Crippen LogP) is 3.34. The summed E-state index contributed by atoms with van der Waals surface area (Å²) >= 11 is 1.69. The summed E-state index contributed by atoms with van der Waals surface area (Å²) in [6, 6.07) is 17.4. The van der Waals surface area contributed by atoms with Crippen molar-refractivity contribution in [1.82, 2.24) is 5.32 Å². The second-order valence-electron chi connectivity index (χ2n) is 6.25. The minimum Gasteiger partial charge on any atom is -0.480 e. The maximum atomic E-state index is 12.5. The second kappa shape index (κ2) is 8.38. The summed E-state index contributed by atoms with van der Waals surface area (Å²) in [6.45, 7) is 0.670. The van der Waals surface area contributed by atoms with Crippen molar-refractivity contribution in [3.8, 4) is 0 Å². The van der Waals surface area contributed by atoms with Gasteiger partial charge in [0.15, 0.2) is 0 Å². The van der Waals surface area contributed by atoms with Crippen molar-refractivity contribution >= 4 is 23.6 Å². The first-order chi connectivity index (χ1) is 12.6. The van der Waals surface area contributed by atoms with Gasteiger partial charge in [-0.1, -0.05) is 30.3 Å². The molecular weight excluding hydrogens is 350 g/mol. The summed E-state index contributed by atoms with van der Waals surface area (Å²) in [6.07, 6.45) is 0.554. The molecule has 0 saturated carbocycles. The Morgan fingerprint density at radius 3 is 2.31 bits per heavy atom. The van der Waals surface area contributed by atoms with Crippen molar-refractivity contribution in [2.75, 3.05) is 13.2 Å². The van der Waals surface area contributed by atoms with Gasteiger partial charge >= 0.3 is 5.97 Å². The van der Waals surface area contributed by atoms with E-state index in [0.29, 0.717) is 18.8 Å². The van der Waals surface area contributed by atoms with Gasteiger partial charge in [0.05, 0.1) is 0 Å². The van der Waals surface area contributed by atoms with Crippen molar-refractivity contribution < 1.29 is 19.4 Å². The predicted molar refractivity (Wildman–Crippen MR) is 100 cm³/mol. The van der Waals surface area contributed by atoms with E-state index in [2.05, 4.69) is 17.4 Å². The van der Waals surface area contributed by atoms with Gasteiger partial charge in [-0.3, -0.25) is 4.79 Å². The lowest BCUT2D eigenvalue weighted by Crippen LogP contribution is -2.57. The number of rotatable bonds is 6. The van der Waals surface area contributed by atoms with Crippen LogP contribution >= 0.6 is 11.8 Å². The van der Waals surface area contributed by atoms with E-state index >= 15 is 0 Å². The summed E-state index contributed by atoms with van der Waals surface area (Å²) in [4.78, 5) is 25.2. The standard InChI is InChI=1S/C20H21NO4S/c22-18(21-20(19(23)24)10-12-25-13-11-20)16-6-8-17(9-7-16)26-14-15-4-2-1-3-5-15/h1-9H,10-14H2,(H,21,22)(H,23,24). The highest BCUT2D eigenvalue weighted by molar-refractivity contribution is 7.98. The van der Waals surface area contributed by atoms with Gasteiger partial charge in [-0.2, -0.15) is 0 Å². The lowest BCUT2D eigenvalue weighted by Gasteiger charge is -2.33. The number of amides is 1. The Labute approximate surface area is 156 Å². The molecule has 26 heavy (non-hydrogen) atoms. The molecule has 6 heteroatoms. The summed E-state index contributed by atoms with van der Waals surface area (Å²) in [5.74, 6) is -0.521. The van der Waals surface area contributed by atoms with Crippen molar-refractivity contribution in [3.63, 3.8) is 0 Å². The van der Waals surface area contributed by atoms with Crippen molar-refractivity contribution in [3.05, 3.63) is 65.7 Å². The van der Waals surface area contributed by atoms with Gasteiger partial charge in [-0.25, -0.2) is 4.79 Å². The molecule has 136 valence electrons. The summed E-state index contributed by atoms with van der Waals surface area (Å²) < 4.78 is 5.22. The molecule has 0 radical (unpaired) electrons. The topological polar surface area (TPSA) is 75.6 Å². The van der Waals surface area contributed by atoms with Crippen LogP contribution in [0.25, 0.3) is 0 Å². The van der Waals surface area contributed by atoms with Crippen LogP contribution in [0.2, 0.25) is 0 Å². The Morgan fingerprint density at radius 1 is 1.04 bits per heavy atom. The summed E-state index contributed by atoms with van der Waals surface area (Å²) in [5.41, 5.74) is 0.458. The summed E-state index contributed by atoms with van der Waals surface area (Å²) in [5, 5.41) is 12.2. The van der Waals surface area contributed by atoms with Crippen molar-refractivity contribution in [1.29, 1.82) is 0 Å². The number of benzene rings is 2. The van der Waals surface area contributed by atoms with Crippen LogP contribution in [0.1, 0.15) is 28.8 Å². The van der Waals surface area contributed by atoms with Crippen molar-refractivity contribution in [2.45, 2.75) is 29.0 Å². The molecule has 1 heterocycles. The van der Waals surface area contributed by atoms with Crippen LogP contribution in [-0.2, 0) is 15.3 Å². The van der Waals surface area contributed by atoms with E-state index in [1.165, 1.54) is 5.56 Å². The Kier molecular flexibility index (Phi) is 5.96. The van der Waals surface area contributed by atoms with E-state index < -0.39 is 11.5 Å². The number of carboxylic acid groups (broad SMARTS) is 1. The van der Waals surface area contributed by atoms with Gasteiger partial charge in [0.1, 0.15) is 5.54 Å². The molecule has 2 N–H and O–H groups in total. The number of carbonyl (C=O) groups excluding carboxylic acids is 1. The van der Waals surface area contributed by atoms with Crippen LogP contribution in [0.15, 0.2) is 59.5 Å². The Balaban J connectivity index is 1.62. The SMILES string of the molecule is O=C(NC1(C(=O)O)CCOCC1)c1ccc(SCc2ccccc2)cc1. The molecule has 1 saturated heterocycles. The lowest BCUT2D eigenvalue weighted by molar-refractivity contribution is -0.148. The first-order valence-corrected chi connectivity index (χ1v) is 9.48. The molecule has 0 atom stereocenters. The van der Waals surface area contributed by atoms with E-state index in [1.54, 1.807) is 23.9 Å². The smallest absolute Gasteiger partial charge is 0.329 e. The van der Waals surface area contributed by atoms with Crippen LogP contribution < -0.4 is 5.32 Å². The molecule has 1 fully saturated rings. The first-order valence-electron chi connectivity index (χ1n) is 8.49. The third-order valence-corrected chi connectivity index (χ3v) is 5.56. The highest BCUT2D eigenvalue weighted by atomic mass is 32.2. The fourth-order valence-electron chi connectivity index (χ4n) is 2.85. The molecule has 0 bridgehead atoms. The molecule has 1 aliphatic rings. The van der Waals surface area contributed by atoms with Crippen LogP contribution in [-0.4, -0.2) is 35.7 Å². The molecule has 2 aromatic carbocycles. The number of nitrogens with one attached hydrogen (secondary N) is 1. The fourth-order valence-corrected chi connectivity index (χ4v) is 3.70. The fraction of sp³-hybridized carbons (Fsp3) is 0.300. The first kappa shape index (κ1) is 18.5.